The van der Waals surface area contributed by atoms with Crippen LogP contribution in [-0.2, 0) is 6.61 Å². The number of alkyl halides is 3. The Balaban J connectivity index is 0.000000252. The Kier molecular flexibility index (Phi) is 10.5. The number of nitroso groups, excluding NO2 is 1. The van der Waals surface area contributed by atoms with Crippen LogP contribution >= 0.6 is 0 Å². The average molecular weight is 549 g/mol. The van der Waals surface area contributed by atoms with Gasteiger partial charge in [0.2, 0.25) is 0 Å². The molecule has 2 amide bonds. The maximum atomic E-state index is 12.4. The van der Waals surface area contributed by atoms with Gasteiger partial charge in [0.1, 0.15) is 11.5 Å². The third-order valence-corrected chi connectivity index (χ3v) is 5.59. The average Bonchev–Trinajstić information content (AvgIpc) is 2.93. The summed E-state index contributed by atoms with van der Waals surface area (Å²) >= 11 is 0. The van der Waals surface area contributed by atoms with Gasteiger partial charge in [0.25, 0.3) is 0 Å². The van der Waals surface area contributed by atoms with Crippen molar-refractivity contribution in [3.63, 3.8) is 0 Å². The molecule has 208 valence electrons. The summed E-state index contributed by atoms with van der Waals surface area (Å²) in [4.78, 5) is 34.2. The van der Waals surface area contributed by atoms with E-state index in [1.807, 2.05) is 6.07 Å². The Morgan fingerprint density at radius 3 is 2.56 bits per heavy atom. The van der Waals surface area contributed by atoms with Gasteiger partial charge in [0, 0.05) is 47.9 Å². The van der Waals surface area contributed by atoms with Crippen molar-refractivity contribution in [1.29, 1.82) is 0 Å². The van der Waals surface area contributed by atoms with Crippen molar-refractivity contribution in [3.05, 3.63) is 59.4 Å². The summed E-state index contributed by atoms with van der Waals surface area (Å²) in [7, 11) is 1.29. The summed E-state index contributed by atoms with van der Waals surface area (Å²) in [5, 5.41) is 17.4. The molecule has 0 unspecified atom stereocenters. The van der Waals surface area contributed by atoms with E-state index in [-0.39, 0.29) is 28.9 Å². The number of nitrogens with zero attached hydrogens (tertiary/aromatic N) is 4. The van der Waals surface area contributed by atoms with Gasteiger partial charge in [-0.3, -0.25) is 4.98 Å². The highest BCUT2D eigenvalue weighted by atomic mass is 19.4. The number of nitrogens with one attached hydrogen (secondary N) is 2. The van der Waals surface area contributed by atoms with E-state index in [2.05, 4.69) is 35.5 Å². The fraction of sp³-hybridized carbons (Fsp3) is 0.360. The second-order valence-electron chi connectivity index (χ2n) is 8.37. The molecule has 1 aliphatic carbocycles. The first-order valence-corrected chi connectivity index (χ1v) is 11.9. The monoisotopic (exact) mass is 548 g/mol. The number of carbonyl (C=O) groups excluding carboxylic acids is 1. The van der Waals surface area contributed by atoms with Crippen molar-refractivity contribution >= 4 is 17.5 Å². The fourth-order valence-electron chi connectivity index (χ4n) is 3.93. The Hall–Kier alpha value is -4.33. The van der Waals surface area contributed by atoms with Crippen molar-refractivity contribution in [2.24, 2.45) is 5.18 Å². The Labute approximate surface area is 221 Å². The highest BCUT2D eigenvalue weighted by molar-refractivity contribution is 5.91. The van der Waals surface area contributed by atoms with Gasteiger partial charge in [-0.1, -0.05) is 19.3 Å². The Morgan fingerprint density at radius 1 is 1.18 bits per heavy atom. The van der Waals surface area contributed by atoms with Crippen LogP contribution in [0.4, 0.5) is 29.5 Å². The number of halogens is 3. The van der Waals surface area contributed by atoms with Gasteiger partial charge < -0.3 is 25.2 Å². The first kappa shape index (κ1) is 29.2. The van der Waals surface area contributed by atoms with Crippen LogP contribution < -0.4 is 20.1 Å². The quantitative estimate of drug-likeness (QED) is 0.329. The van der Waals surface area contributed by atoms with E-state index >= 15 is 0 Å². The van der Waals surface area contributed by atoms with Gasteiger partial charge in [-0.05, 0) is 36.2 Å². The number of pyridine rings is 1. The van der Waals surface area contributed by atoms with Crippen molar-refractivity contribution in [2.75, 3.05) is 12.4 Å². The van der Waals surface area contributed by atoms with Gasteiger partial charge in [0.05, 0.1) is 19.4 Å². The molecular formula is C25H27F3N6O5. The fourth-order valence-corrected chi connectivity index (χ4v) is 3.93. The lowest BCUT2D eigenvalue weighted by Gasteiger charge is -2.23. The predicted molar refractivity (Wildman–Crippen MR) is 135 cm³/mol. The molecule has 14 heteroatoms. The van der Waals surface area contributed by atoms with Crippen molar-refractivity contribution < 1.29 is 32.5 Å². The Morgan fingerprint density at radius 2 is 1.95 bits per heavy atom. The molecule has 0 atom stereocenters. The molecule has 0 spiro atoms. The number of hydrogen-bond acceptors (Lipinski definition) is 9. The summed E-state index contributed by atoms with van der Waals surface area (Å²) in [6.07, 6.45) is 4.80. The van der Waals surface area contributed by atoms with Crippen LogP contribution in [0.15, 0.2) is 54.1 Å². The number of carbonyl (C=O) groups is 1. The zero-order valence-corrected chi connectivity index (χ0v) is 20.9. The van der Waals surface area contributed by atoms with E-state index in [0.29, 0.717) is 5.82 Å². The second-order valence-corrected chi connectivity index (χ2v) is 8.37. The molecule has 0 radical (unpaired) electrons. The van der Waals surface area contributed by atoms with Crippen LogP contribution in [0.25, 0.3) is 11.4 Å². The van der Waals surface area contributed by atoms with Crippen LogP contribution in [0, 0.1) is 4.91 Å². The molecule has 4 rings (SSSR count). The first-order valence-electron chi connectivity index (χ1n) is 11.9. The minimum atomic E-state index is -4.89. The largest absolute Gasteiger partial charge is 0.573 e. The SMILES string of the molecule is COc1c(CO)cc(OC(F)(F)F)cc1NC(=O)NC1CCCCC1.O=Nc1ccnc(-c2cccnc2)n1. The van der Waals surface area contributed by atoms with Crippen LogP contribution in [0.3, 0.4) is 0 Å². The number of anilines is 1. The molecule has 1 aromatic carbocycles. The summed E-state index contributed by atoms with van der Waals surface area (Å²) in [5.74, 6) is 0.107. The molecule has 1 aliphatic rings. The number of rotatable bonds is 7. The van der Waals surface area contributed by atoms with Gasteiger partial charge in [0.15, 0.2) is 11.6 Å². The van der Waals surface area contributed by atoms with E-state index in [9.17, 15) is 28.0 Å². The molecular weight excluding hydrogens is 521 g/mol. The van der Waals surface area contributed by atoms with Gasteiger partial charge in [-0.15, -0.1) is 18.1 Å². The normalized spacial score (nSPS) is 13.5. The van der Waals surface area contributed by atoms with E-state index in [1.54, 1.807) is 18.5 Å². The lowest BCUT2D eigenvalue weighted by Crippen LogP contribution is -2.39. The smallest absolute Gasteiger partial charge is 0.494 e. The lowest BCUT2D eigenvalue weighted by atomic mass is 9.96. The van der Waals surface area contributed by atoms with Crippen molar-refractivity contribution in [2.45, 2.75) is 51.1 Å². The predicted octanol–water partition coefficient (Wildman–Crippen LogP) is 5.48. The number of benzene rings is 1. The standard InChI is InChI=1S/C16H21F3N2O4.C9H6N4O/c1-24-14-10(9-22)7-12(25-16(17,18)19)8-13(14)21-15(23)20-11-5-3-2-4-6-11;14-13-8-3-5-11-9(12-8)7-2-1-4-10-6-7/h7-8,11,22H,2-6,9H2,1H3,(H2,20,21,23);1-6H. The molecule has 1 saturated carbocycles. The zero-order valence-electron chi connectivity index (χ0n) is 20.9. The lowest BCUT2D eigenvalue weighted by molar-refractivity contribution is -0.274. The van der Waals surface area contributed by atoms with Gasteiger partial charge in [-0.2, -0.15) is 0 Å². The minimum absolute atomic E-state index is 0.0124. The van der Waals surface area contributed by atoms with Crippen molar-refractivity contribution in [1.82, 2.24) is 20.3 Å². The summed E-state index contributed by atoms with van der Waals surface area (Å²) < 4.78 is 46.3. The van der Waals surface area contributed by atoms with Crippen LogP contribution in [-0.4, -0.2) is 45.6 Å². The number of aliphatic hydroxyl groups excluding tert-OH is 1. The zero-order chi connectivity index (χ0) is 28.3. The number of amides is 2. The summed E-state index contributed by atoms with van der Waals surface area (Å²) in [5.41, 5.74) is 0.817. The third kappa shape index (κ3) is 9.17. The molecule has 2 aromatic heterocycles. The number of hydrogen-bond donors (Lipinski definition) is 3. The van der Waals surface area contributed by atoms with Crippen LogP contribution in [0.5, 0.6) is 11.5 Å². The Bertz CT molecular complexity index is 1240. The van der Waals surface area contributed by atoms with E-state index in [4.69, 9.17) is 4.74 Å². The summed E-state index contributed by atoms with van der Waals surface area (Å²) in [6, 6.07) is 6.55. The molecule has 11 nitrogen and oxygen atoms in total. The third-order valence-electron chi connectivity index (χ3n) is 5.59. The molecule has 1 fully saturated rings. The number of aromatic nitrogens is 3. The molecule has 2 heterocycles. The van der Waals surface area contributed by atoms with Crippen molar-refractivity contribution in [3.8, 4) is 22.9 Å². The maximum absolute atomic E-state index is 12.4. The topological polar surface area (TPSA) is 148 Å². The molecule has 3 N–H and O–H groups in total. The molecule has 39 heavy (non-hydrogen) atoms. The van der Waals surface area contributed by atoms with Gasteiger partial charge in [-0.25, -0.2) is 14.8 Å². The van der Waals surface area contributed by atoms with E-state index < -0.39 is 24.7 Å². The number of urea groups is 1. The number of aliphatic hydroxyl groups is 1. The van der Waals surface area contributed by atoms with E-state index in [1.165, 1.54) is 19.4 Å². The highest BCUT2D eigenvalue weighted by Gasteiger charge is 2.32. The van der Waals surface area contributed by atoms with Crippen LogP contribution in [0.2, 0.25) is 0 Å². The molecule has 3 aromatic rings. The van der Waals surface area contributed by atoms with Crippen LogP contribution in [0.1, 0.15) is 37.7 Å². The van der Waals surface area contributed by atoms with E-state index in [0.717, 1.165) is 49.8 Å². The number of ether oxygens (including phenoxy) is 2. The maximum Gasteiger partial charge on any atom is 0.573 e. The molecule has 0 aliphatic heterocycles. The number of methoxy groups -OCH3 is 1. The minimum Gasteiger partial charge on any atom is -0.494 e. The highest BCUT2D eigenvalue weighted by Crippen LogP contribution is 2.36. The molecule has 0 saturated heterocycles. The summed E-state index contributed by atoms with van der Waals surface area (Å²) in [6.45, 7) is -0.572. The second kappa shape index (κ2) is 14.0. The molecule has 0 bridgehead atoms. The van der Waals surface area contributed by atoms with Gasteiger partial charge >= 0.3 is 12.4 Å². The first-order chi connectivity index (χ1) is 18.7.